The standard InChI is InChI=1S/C14H30N2/c1-5-12(3)11-16(6-2)14-9-7-13(15-4)8-10-14/h12-15H,5-11H2,1-4H3. The van der Waals surface area contributed by atoms with Crippen LogP contribution < -0.4 is 5.32 Å². The van der Waals surface area contributed by atoms with Gasteiger partial charge in [-0.1, -0.05) is 27.2 Å². The van der Waals surface area contributed by atoms with Crippen molar-refractivity contribution in [3.63, 3.8) is 0 Å². The van der Waals surface area contributed by atoms with E-state index in [1.54, 1.807) is 0 Å². The second-order valence-electron chi connectivity index (χ2n) is 5.40. The Morgan fingerprint density at radius 2 is 1.81 bits per heavy atom. The summed E-state index contributed by atoms with van der Waals surface area (Å²) in [5.74, 6) is 0.849. The maximum Gasteiger partial charge on any atom is 0.00964 e. The zero-order valence-electron chi connectivity index (χ0n) is 11.6. The fourth-order valence-corrected chi connectivity index (χ4v) is 2.80. The smallest absolute Gasteiger partial charge is 0.00964 e. The van der Waals surface area contributed by atoms with E-state index in [4.69, 9.17) is 0 Å². The van der Waals surface area contributed by atoms with Crippen LogP contribution in [0.2, 0.25) is 0 Å². The number of nitrogens with one attached hydrogen (secondary N) is 1. The molecule has 0 aromatic rings. The molecule has 1 unspecified atom stereocenters. The maximum absolute atomic E-state index is 3.41. The minimum atomic E-state index is 0.776. The summed E-state index contributed by atoms with van der Waals surface area (Å²) in [6.45, 7) is 9.51. The SMILES string of the molecule is CCC(C)CN(CC)C1CCC(NC)CC1. The molecular formula is C14H30N2. The van der Waals surface area contributed by atoms with Crippen LogP contribution in [0.25, 0.3) is 0 Å². The van der Waals surface area contributed by atoms with E-state index in [2.05, 4.69) is 38.0 Å². The van der Waals surface area contributed by atoms with Gasteiger partial charge in [0.05, 0.1) is 0 Å². The highest BCUT2D eigenvalue weighted by Crippen LogP contribution is 2.23. The van der Waals surface area contributed by atoms with Crippen molar-refractivity contribution >= 4 is 0 Å². The fraction of sp³-hybridized carbons (Fsp3) is 1.00. The number of rotatable bonds is 6. The lowest BCUT2D eigenvalue weighted by molar-refractivity contribution is 0.133. The molecule has 1 aliphatic rings. The average Bonchev–Trinajstić information content (AvgIpc) is 2.35. The molecule has 96 valence electrons. The van der Waals surface area contributed by atoms with Crippen LogP contribution >= 0.6 is 0 Å². The van der Waals surface area contributed by atoms with Crippen LogP contribution in [0.4, 0.5) is 0 Å². The Morgan fingerprint density at radius 3 is 2.25 bits per heavy atom. The summed E-state index contributed by atoms with van der Waals surface area (Å²) < 4.78 is 0. The van der Waals surface area contributed by atoms with Crippen molar-refractivity contribution in [1.82, 2.24) is 10.2 Å². The number of nitrogens with zero attached hydrogens (tertiary/aromatic N) is 1. The van der Waals surface area contributed by atoms with Crippen LogP contribution in [0.15, 0.2) is 0 Å². The van der Waals surface area contributed by atoms with Gasteiger partial charge >= 0.3 is 0 Å². The molecule has 1 N–H and O–H groups in total. The molecule has 0 aromatic carbocycles. The Morgan fingerprint density at radius 1 is 1.19 bits per heavy atom. The molecule has 0 aliphatic heterocycles. The molecule has 0 amide bonds. The molecule has 0 aromatic heterocycles. The largest absolute Gasteiger partial charge is 0.317 e. The van der Waals surface area contributed by atoms with E-state index in [0.717, 1.165) is 18.0 Å². The van der Waals surface area contributed by atoms with Gasteiger partial charge in [0.2, 0.25) is 0 Å². The highest BCUT2D eigenvalue weighted by atomic mass is 15.2. The molecule has 1 fully saturated rings. The summed E-state index contributed by atoms with van der Waals surface area (Å²) in [4.78, 5) is 2.71. The molecule has 2 nitrogen and oxygen atoms in total. The summed E-state index contributed by atoms with van der Waals surface area (Å²) >= 11 is 0. The van der Waals surface area contributed by atoms with Crippen LogP contribution in [0.3, 0.4) is 0 Å². The maximum atomic E-state index is 3.41. The lowest BCUT2D eigenvalue weighted by atomic mass is 9.89. The van der Waals surface area contributed by atoms with Gasteiger partial charge in [-0.15, -0.1) is 0 Å². The first-order valence-electron chi connectivity index (χ1n) is 7.12. The van der Waals surface area contributed by atoms with Gasteiger partial charge in [0.1, 0.15) is 0 Å². The summed E-state index contributed by atoms with van der Waals surface area (Å²) in [6, 6.07) is 1.63. The van der Waals surface area contributed by atoms with E-state index in [1.165, 1.54) is 45.2 Å². The van der Waals surface area contributed by atoms with Gasteiger partial charge in [-0.05, 0) is 45.2 Å². The van der Waals surface area contributed by atoms with Crippen LogP contribution in [0.5, 0.6) is 0 Å². The van der Waals surface area contributed by atoms with Crippen LogP contribution in [0, 0.1) is 5.92 Å². The molecule has 0 radical (unpaired) electrons. The van der Waals surface area contributed by atoms with Crippen molar-refractivity contribution < 1.29 is 0 Å². The van der Waals surface area contributed by atoms with E-state index in [9.17, 15) is 0 Å². The Balaban J connectivity index is 2.36. The molecule has 0 bridgehead atoms. The summed E-state index contributed by atoms with van der Waals surface area (Å²) in [5.41, 5.74) is 0. The van der Waals surface area contributed by atoms with Crippen LogP contribution in [0.1, 0.15) is 52.9 Å². The van der Waals surface area contributed by atoms with Crippen molar-refractivity contribution in [2.75, 3.05) is 20.1 Å². The van der Waals surface area contributed by atoms with Crippen molar-refractivity contribution in [2.24, 2.45) is 5.92 Å². The van der Waals surface area contributed by atoms with Gasteiger partial charge in [0.15, 0.2) is 0 Å². The third-order valence-electron chi connectivity index (χ3n) is 4.27. The number of hydrogen-bond acceptors (Lipinski definition) is 2. The first-order chi connectivity index (χ1) is 7.71. The third kappa shape index (κ3) is 4.06. The Labute approximate surface area is 102 Å². The first kappa shape index (κ1) is 14.0. The first-order valence-corrected chi connectivity index (χ1v) is 7.12. The van der Waals surface area contributed by atoms with Gasteiger partial charge in [-0.3, -0.25) is 0 Å². The predicted molar refractivity (Wildman–Crippen MR) is 71.8 cm³/mol. The van der Waals surface area contributed by atoms with Crippen molar-refractivity contribution in [1.29, 1.82) is 0 Å². The molecule has 0 heterocycles. The van der Waals surface area contributed by atoms with Crippen molar-refractivity contribution in [3.05, 3.63) is 0 Å². The molecule has 1 saturated carbocycles. The van der Waals surface area contributed by atoms with E-state index >= 15 is 0 Å². The van der Waals surface area contributed by atoms with Gasteiger partial charge in [0.25, 0.3) is 0 Å². The normalized spacial score (nSPS) is 28.3. The zero-order valence-corrected chi connectivity index (χ0v) is 11.6. The average molecular weight is 226 g/mol. The summed E-state index contributed by atoms with van der Waals surface area (Å²) in [7, 11) is 2.10. The number of hydrogen-bond donors (Lipinski definition) is 1. The lowest BCUT2D eigenvalue weighted by Gasteiger charge is -2.37. The molecule has 2 heteroatoms. The molecule has 0 saturated heterocycles. The summed E-state index contributed by atoms with van der Waals surface area (Å²) in [5, 5.41) is 3.41. The van der Waals surface area contributed by atoms with Gasteiger partial charge in [-0.2, -0.15) is 0 Å². The topological polar surface area (TPSA) is 15.3 Å². The Hall–Kier alpha value is -0.0800. The van der Waals surface area contributed by atoms with Crippen LogP contribution in [-0.2, 0) is 0 Å². The predicted octanol–water partition coefficient (Wildman–Crippen LogP) is 2.89. The zero-order chi connectivity index (χ0) is 12.0. The lowest BCUT2D eigenvalue weighted by Crippen LogP contribution is -2.43. The summed E-state index contributed by atoms with van der Waals surface area (Å²) in [6.07, 6.45) is 6.80. The van der Waals surface area contributed by atoms with Crippen molar-refractivity contribution in [2.45, 2.75) is 65.0 Å². The quantitative estimate of drug-likeness (QED) is 0.749. The van der Waals surface area contributed by atoms with Gasteiger partial charge in [-0.25, -0.2) is 0 Å². The highest BCUT2D eigenvalue weighted by molar-refractivity contribution is 4.82. The van der Waals surface area contributed by atoms with E-state index in [-0.39, 0.29) is 0 Å². The van der Waals surface area contributed by atoms with E-state index in [1.807, 2.05) is 0 Å². The molecular weight excluding hydrogens is 196 g/mol. The Bertz CT molecular complexity index is 174. The van der Waals surface area contributed by atoms with E-state index in [0.29, 0.717) is 0 Å². The third-order valence-corrected chi connectivity index (χ3v) is 4.27. The fourth-order valence-electron chi connectivity index (χ4n) is 2.80. The second kappa shape index (κ2) is 7.29. The minimum absolute atomic E-state index is 0.776. The molecule has 1 rings (SSSR count). The molecule has 1 atom stereocenters. The monoisotopic (exact) mass is 226 g/mol. The minimum Gasteiger partial charge on any atom is -0.317 e. The Kier molecular flexibility index (Phi) is 6.37. The van der Waals surface area contributed by atoms with Gasteiger partial charge < -0.3 is 10.2 Å². The van der Waals surface area contributed by atoms with Gasteiger partial charge in [0, 0.05) is 18.6 Å². The molecule has 1 aliphatic carbocycles. The van der Waals surface area contributed by atoms with Crippen molar-refractivity contribution in [3.8, 4) is 0 Å². The molecule has 16 heavy (non-hydrogen) atoms. The second-order valence-corrected chi connectivity index (χ2v) is 5.40. The molecule has 0 spiro atoms. The van der Waals surface area contributed by atoms with E-state index < -0.39 is 0 Å². The van der Waals surface area contributed by atoms with Crippen LogP contribution in [-0.4, -0.2) is 37.1 Å². The highest BCUT2D eigenvalue weighted by Gasteiger charge is 2.24.